The number of hydrogen-bond donors (Lipinski definition) is 0. The van der Waals surface area contributed by atoms with E-state index >= 15 is 0 Å². The molecule has 4 heteroatoms. The van der Waals surface area contributed by atoms with Gasteiger partial charge in [0.2, 0.25) is 0 Å². The molecule has 1 aliphatic rings. The van der Waals surface area contributed by atoms with Crippen molar-refractivity contribution in [3.05, 3.63) is 185 Å². The maximum absolute atomic E-state index is 2.84. The molecule has 1 aliphatic heterocycles. The van der Waals surface area contributed by atoms with E-state index in [1.807, 2.05) is 0 Å². The zero-order valence-electron chi connectivity index (χ0n) is 30.2. The second kappa shape index (κ2) is 14.6. The summed E-state index contributed by atoms with van der Waals surface area (Å²) in [6.07, 6.45) is 0. The molecule has 0 N–H and O–H groups in total. The van der Waals surface area contributed by atoms with E-state index in [4.69, 9.17) is 0 Å². The summed E-state index contributed by atoms with van der Waals surface area (Å²) in [5, 5.41) is 4.47. The molecule has 0 radical (unpaired) electrons. The Labute approximate surface area is 304 Å². The van der Waals surface area contributed by atoms with E-state index in [1.165, 1.54) is 66.2 Å². The molecule has 1 saturated heterocycles. The van der Waals surface area contributed by atoms with Crippen LogP contribution >= 0.6 is 5.59 Å². The van der Waals surface area contributed by atoms with Crippen LogP contribution in [0.2, 0.25) is 0 Å². The molecule has 0 aromatic heterocycles. The summed E-state index contributed by atoms with van der Waals surface area (Å²) in [6.45, 7) is 15.7. The molecular weight excluding hydrogens is 713 g/mol. The molecule has 6 aromatic carbocycles. The molecule has 6 aromatic rings. The fraction of sp³-hybridized carbons (Fsp3) is 0.196. The van der Waals surface area contributed by atoms with E-state index in [1.54, 1.807) is 0 Å². The maximum atomic E-state index is 2.84. The third kappa shape index (κ3) is 6.32. The Morgan fingerprint density at radius 1 is 0.480 bits per heavy atom. The minimum absolute atomic E-state index is 0.188. The summed E-state index contributed by atoms with van der Waals surface area (Å²) in [6, 6.07) is 55.6. The van der Waals surface area contributed by atoms with Crippen molar-refractivity contribution in [3.8, 4) is 0 Å². The van der Waals surface area contributed by atoms with Crippen LogP contribution < -0.4 is 25.7 Å². The molecule has 1 fully saturated rings. The molecule has 0 aliphatic carbocycles. The zero-order valence-corrected chi connectivity index (χ0v) is 32.9. The quantitative estimate of drug-likeness (QED) is 0.113. The molecule has 0 atom stereocenters. The van der Waals surface area contributed by atoms with Gasteiger partial charge in [0, 0.05) is 0 Å². The Bertz CT molecular complexity index is 1920. The zero-order chi connectivity index (χ0) is 34.8. The number of benzene rings is 6. The first-order valence-electron chi connectivity index (χ1n) is 17.7. The van der Waals surface area contributed by atoms with Crippen LogP contribution in [0.15, 0.2) is 146 Å². The normalized spacial score (nSPS) is 15.0. The van der Waals surface area contributed by atoms with E-state index in [2.05, 4.69) is 202 Å². The summed E-state index contributed by atoms with van der Waals surface area (Å²) >= 11 is -2.21. The van der Waals surface area contributed by atoms with Gasteiger partial charge in [-0.3, -0.25) is 0 Å². The number of aryl methyl sites for hydroxylation is 6. The molecular formula is C46H49N2PRu. The van der Waals surface area contributed by atoms with Gasteiger partial charge >= 0.3 is 306 Å². The van der Waals surface area contributed by atoms with Crippen molar-refractivity contribution in [1.29, 1.82) is 0 Å². The summed E-state index contributed by atoms with van der Waals surface area (Å²) in [4.78, 5) is 5.69. The minimum atomic E-state index is -2.74. The van der Waals surface area contributed by atoms with Crippen LogP contribution in [0.25, 0.3) is 0 Å². The van der Waals surface area contributed by atoms with Crippen molar-refractivity contribution in [2.75, 3.05) is 22.9 Å². The average molecular weight is 762 g/mol. The molecule has 0 spiro atoms. The fourth-order valence-corrected chi connectivity index (χ4v) is 28.6. The van der Waals surface area contributed by atoms with E-state index in [-0.39, 0.29) is 4.76 Å². The van der Waals surface area contributed by atoms with E-state index in [9.17, 15) is 0 Å². The standard InChI is InChI=1S/C21H27N2.C18H15P.C7H6.Ru/c1-14-9-16(3)20(17(4)10-14)22-7-8-23(13-22)21-18(5)11-15(2)12-19(21)6;1-4-10-16(11-5-1)19(17-12-6-2-7-13-17)18-14-8-3-9-15-18;1-7-5-3-2-4-6-7;/h9-13H,7-8H2,1-6H3;1-15H;1-6H;/q;;;-1/p+1. The van der Waals surface area contributed by atoms with Gasteiger partial charge in [0.25, 0.3) is 0 Å². The van der Waals surface area contributed by atoms with E-state index in [0.717, 1.165) is 13.1 Å². The molecule has 0 amide bonds. The van der Waals surface area contributed by atoms with Gasteiger partial charge in [-0.2, -0.15) is 0 Å². The second-order valence-electron chi connectivity index (χ2n) is 13.8. The van der Waals surface area contributed by atoms with Gasteiger partial charge in [-0.25, -0.2) is 0 Å². The molecule has 2 nitrogen and oxygen atoms in total. The van der Waals surface area contributed by atoms with Gasteiger partial charge in [-0.15, -0.1) is 0 Å². The van der Waals surface area contributed by atoms with Crippen LogP contribution in [-0.4, -0.2) is 22.5 Å². The average Bonchev–Trinajstić information content (AvgIpc) is 3.52. The second-order valence-corrected chi connectivity index (χ2v) is 26.1. The van der Waals surface area contributed by atoms with Crippen LogP contribution in [-0.2, 0) is 15.0 Å². The molecule has 1 heterocycles. The molecule has 7 rings (SSSR count). The van der Waals surface area contributed by atoms with Crippen molar-refractivity contribution in [3.63, 3.8) is 0 Å². The van der Waals surface area contributed by atoms with Crippen molar-refractivity contribution in [2.24, 2.45) is 0 Å². The van der Waals surface area contributed by atoms with Crippen LogP contribution in [0.5, 0.6) is 0 Å². The fourth-order valence-electron chi connectivity index (χ4n) is 8.27. The predicted octanol–water partition coefficient (Wildman–Crippen LogP) is 9.26. The predicted molar refractivity (Wildman–Crippen MR) is 218 cm³/mol. The molecule has 256 valence electrons. The van der Waals surface area contributed by atoms with Gasteiger partial charge in [0.05, 0.1) is 0 Å². The topological polar surface area (TPSA) is 6.48 Å². The first kappa shape index (κ1) is 34.3. The first-order chi connectivity index (χ1) is 24.3. The number of anilines is 2. The Morgan fingerprint density at radius 3 is 1.14 bits per heavy atom. The third-order valence-electron chi connectivity index (χ3n) is 9.95. The van der Waals surface area contributed by atoms with Gasteiger partial charge in [0.1, 0.15) is 0 Å². The summed E-state index contributed by atoms with van der Waals surface area (Å²) in [5.41, 5.74) is 9.52. The van der Waals surface area contributed by atoms with E-state index < -0.39 is 20.6 Å². The SMILES string of the molecule is Cc1cc(C)c(N2CCN(c3c(C)cc(C)cc3C)[CH]2/[Ru](=[CH]/c2ccccc2)[PH](c2ccccc2)(c2ccccc2)c2ccccc2)c(C)c1. The number of nitrogens with zero attached hydrogens (tertiary/aromatic N) is 2. The summed E-state index contributed by atoms with van der Waals surface area (Å²) < 4.78 is 2.98. The first-order valence-corrected chi connectivity index (χ1v) is 24.1. The Morgan fingerprint density at radius 2 is 0.800 bits per heavy atom. The summed E-state index contributed by atoms with van der Waals surface area (Å²) in [7, 11) is 0. The number of rotatable bonds is 8. The summed E-state index contributed by atoms with van der Waals surface area (Å²) in [5.74, 6) is 0. The van der Waals surface area contributed by atoms with Crippen LogP contribution in [0.3, 0.4) is 0 Å². The van der Waals surface area contributed by atoms with Gasteiger partial charge in [-0.05, 0) is 0 Å². The van der Waals surface area contributed by atoms with Gasteiger partial charge in [-0.1, -0.05) is 0 Å². The molecule has 50 heavy (non-hydrogen) atoms. The molecule has 0 unspecified atom stereocenters. The van der Waals surface area contributed by atoms with Crippen LogP contribution in [0.1, 0.15) is 38.9 Å². The Hall–Kier alpha value is -4.16. The van der Waals surface area contributed by atoms with Gasteiger partial charge < -0.3 is 0 Å². The van der Waals surface area contributed by atoms with Crippen molar-refractivity contribution in [2.45, 2.75) is 46.3 Å². The van der Waals surface area contributed by atoms with E-state index in [0.29, 0.717) is 0 Å². The van der Waals surface area contributed by atoms with Crippen LogP contribution in [0, 0.1) is 41.5 Å². The molecule has 0 saturated carbocycles. The monoisotopic (exact) mass is 762 g/mol. The van der Waals surface area contributed by atoms with Crippen molar-refractivity contribution in [1.82, 2.24) is 0 Å². The Kier molecular flexibility index (Phi) is 10.0. The molecule has 0 bridgehead atoms. The van der Waals surface area contributed by atoms with Crippen LogP contribution in [0.4, 0.5) is 11.4 Å². The number of hydrogen-bond acceptors (Lipinski definition) is 2. The van der Waals surface area contributed by atoms with Gasteiger partial charge in [0.15, 0.2) is 0 Å². The van der Waals surface area contributed by atoms with Crippen molar-refractivity contribution >= 4 is 37.5 Å². The van der Waals surface area contributed by atoms with Crippen molar-refractivity contribution < 1.29 is 15.0 Å². The third-order valence-corrected chi connectivity index (χ3v) is 27.8. The Balaban J connectivity index is 1.65.